The van der Waals surface area contributed by atoms with Gasteiger partial charge in [-0.2, -0.15) is 5.10 Å². The zero-order valence-corrected chi connectivity index (χ0v) is 10.5. The van der Waals surface area contributed by atoms with E-state index in [-0.39, 0.29) is 5.56 Å². The van der Waals surface area contributed by atoms with Crippen LogP contribution in [0.4, 0.5) is 4.39 Å². The number of carbonyl (C=O) groups excluding carboxylic acids is 1. The van der Waals surface area contributed by atoms with Gasteiger partial charge in [0.05, 0.1) is 11.8 Å². The van der Waals surface area contributed by atoms with Gasteiger partial charge in [-0.3, -0.25) is 4.79 Å². The highest BCUT2D eigenvalue weighted by Crippen LogP contribution is 2.12. The summed E-state index contributed by atoms with van der Waals surface area (Å²) < 4.78 is 13.3. The Hall–Kier alpha value is -2.01. The minimum absolute atomic E-state index is 0.0162. The highest BCUT2D eigenvalue weighted by Gasteiger charge is 2.09. The maximum atomic E-state index is 13.3. The Labute approximate surface area is 108 Å². The normalized spacial score (nSPS) is 10.8. The first-order chi connectivity index (χ1) is 8.68. The molecular formula is C13H11FN2OS. The lowest BCUT2D eigenvalue weighted by Crippen LogP contribution is -2.18. The Morgan fingerprint density at radius 1 is 1.39 bits per heavy atom. The van der Waals surface area contributed by atoms with E-state index in [1.54, 1.807) is 12.3 Å². The fourth-order valence-corrected chi connectivity index (χ4v) is 2.16. The topological polar surface area (TPSA) is 41.5 Å². The number of hydrogen-bond donors (Lipinski definition) is 1. The summed E-state index contributed by atoms with van der Waals surface area (Å²) in [5, 5.41) is 5.75. The lowest BCUT2D eigenvalue weighted by Gasteiger charge is -2.00. The number of amides is 1. The fourth-order valence-electron chi connectivity index (χ4n) is 1.37. The van der Waals surface area contributed by atoms with Gasteiger partial charge in [-0.1, -0.05) is 12.1 Å². The number of rotatable bonds is 3. The van der Waals surface area contributed by atoms with Crippen LogP contribution in [0.3, 0.4) is 0 Å². The maximum Gasteiger partial charge on any atom is 0.274 e. The predicted molar refractivity (Wildman–Crippen MR) is 70.5 cm³/mol. The van der Waals surface area contributed by atoms with Crippen molar-refractivity contribution in [3.63, 3.8) is 0 Å². The quantitative estimate of drug-likeness (QED) is 0.670. The van der Waals surface area contributed by atoms with Crippen LogP contribution in [0.5, 0.6) is 0 Å². The zero-order valence-electron chi connectivity index (χ0n) is 9.68. The van der Waals surface area contributed by atoms with Crippen LogP contribution in [0, 0.1) is 12.7 Å². The van der Waals surface area contributed by atoms with Crippen molar-refractivity contribution in [1.82, 2.24) is 5.43 Å². The second-order valence-electron chi connectivity index (χ2n) is 3.65. The fraction of sp³-hybridized carbons (Fsp3) is 0.0769. The first kappa shape index (κ1) is 12.4. The highest BCUT2D eigenvalue weighted by atomic mass is 32.1. The molecule has 3 nitrogen and oxygen atoms in total. The number of carbonyl (C=O) groups is 1. The molecule has 1 aromatic heterocycles. The third kappa shape index (κ3) is 2.81. The first-order valence-electron chi connectivity index (χ1n) is 5.30. The van der Waals surface area contributed by atoms with E-state index in [0.29, 0.717) is 0 Å². The number of nitrogens with zero attached hydrogens (tertiary/aromatic N) is 1. The third-order valence-electron chi connectivity index (χ3n) is 2.37. The van der Waals surface area contributed by atoms with E-state index < -0.39 is 11.7 Å². The molecule has 1 N–H and O–H groups in total. The van der Waals surface area contributed by atoms with E-state index in [1.807, 2.05) is 18.4 Å². The number of benzene rings is 1. The van der Waals surface area contributed by atoms with Crippen LogP contribution in [0.15, 0.2) is 40.8 Å². The van der Waals surface area contributed by atoms with Crippen LogP contribution < -0.4 is 5.43 Å². The van der Waals surface area contributed by atoms with Crippen LogP contribution in [-0.4, -0.2) is 12.1 Å². The van der Waals surface area contributed by atoms with Crippen LogP contribution >= 0.6 is 11.3 Å². The van der Waals surface area contributed by atoms with E-state index in [2.05, 4.69) is 10.5 Å². The van der Waals surface area contributed by atoms with Crippen LogP contribution in [0.25, 0.3) is 0 Å². The summed E-state index contributed by atoms with van der Waals surface area (Å²) in [6, 6.07) is 7.75. The van der Waals surface area contributed by atoms with Gasteiger partial charge in [0.2, 0.25) is 0 Å². The van der Waals surface area contributed by atoms with E-state index in [9.17, 15) is 9.18 Å². The molecular weight excluding hydrogens is 251 g/mol. The number of hydrogen-bond acceptors (Lipinski definition) is 3. The Balaban J connectivity index is 2.03. The number of hydrazone groups is 1. The van der Waals surface area contributed by atoms with Gasteiger partial charge in [-0.25, -0.2) is 9.82 Å². The highest BCUT2D eigenvalue weighted by molar-refractivity contribution is 7.11. The molecule has 1 heterocycles. The van der Waals surface area contributed by atoms with Crippen molar-refractivity contribution in [3.8, 4) is 0 Å². The number of aryl methyl sites for hydroxylation is 1. The molecule has 0 unspecified atom stereocenters. The van der Waals surface area contributed by atoms with Crippen LogP contribution in [-0.2, 0) is 0 Å². The molecule has 0 aliphatic rings. The van der Waals surface area contributed by atoms with Crippen molar-refractivity contribution >= 4 is 23.5 Å². The van der Waals surface area contributed by atoms with Crippen LogP contribution in [0.2, 0.25) is 0 Å². The van der Waals surface area contributed by atoms with Crippen molar-refractivity contribution in [2.24, 2.45) is 5.10 Å². The monoisotopic (exact) mass is 262 g/mol. The summed E-state index contributed by atoms with van der Waals surface area (Å²) >= 11 is 1.53. The maximum absolute atomic E-state index is 13.3. The van der Waals surface area contributed by atoms with Crippen molar-refractivity contribution in [2.75, 3.05) is 0 Å². The molecule has 0 saturated heterocycles. The van der Waals surface area contributed by atoms with E-state index in [0.717, 1.165) is 10.4 Å². The van der Waals surface area contributed by atoms with Crippen molar-refractivity contribution in [1.29, 1.82) is 0 Å². The predicted octanol–water partition coefficient (Wildman–Crippen LogP) is 2.96. The van der Waals surface area contributed by atoms with Gasteiger partial charge >= 0.3 is 0 Å². The van der Waals surface area contributed by atoms with Gasteiger partial charge in [0.1, 0.15) is 5.82 Å². The Morgan fingerprint density at radius 3 is 2.83 bits per heavy atom. The second-order valence-corrected chi connectivity index (χ2v) is 4.59. The summed E-state index contributed by atoms with van der Waals surface area (Å²) in [6.07, 6.45) is 1.55. The van der Waals surface area contributed by atoms with Crippen molar-refractivity contribution < 1.29 is 9.18 Å². The average molecular weight is 262 g/mol. The Kier molecular flexibility index (Phi) is 3.84. The summed E-state index contributed by atoms with van der Waals surface area (Å²) in [6.45, 7) is 1.95. The smallest absolute Gasteiger partial charge is 0.267 e. The first-order valence-corrected chi connectivity index (χ1v) is 6.18. The summed E-state index contributed by atoms with van der Waals surface area (Å²) in [5.41, 5.74) is 3.37. The summed E-state index contributed by atoms with van der Waals surface area (Å²) in [5.74, 6) is -1.11. The van der Waals surface area contributed by atoms with Gasteiger partial charge in [0.25, 0.3) is 5.91 Å². The molecule has 18 heavy (non-hydrogen) atoms. The minimum Gasteiger partial charge on any atom is -0.267 e. The van der Waals surface area contributed by atoms with Gasteiger partial charge in [-0.15, -0.1) is 11.3 Å². The molecule has 1 aromatic carbocycles. The summed E-state index contributed by atoms with van der Waals surface area (Å²) in [4.78, 5) is 12.6. The molecule has 5 heteroatoms. The number of thiophene rings is 1. The molecule has 0 aliphatic heterocycles. The lowest BCUT2D eigenvalue weighted by molar-refractivity contribution is 0.0951. The molecule has 0 spiro atoms. The standard InChI is InChI=1S/C13H11FN2OS/c1-9-6-7-18-12(9)8-15-16-13(17)10-4-2-3-5-11(10)14/h2-8H,1H3,(H,16,17). The largest absolute Gasteiger partial charge is 0.274 e. The molecule has 0 saturated carbocycles. The molecule has 0 radical (unpaired) electrons. The average Bonchev–Trinajstić information content (AvgIpc) is 2.75. The van der Waals surface area contributed by atoms with Gasteiger partial charge < -0.3 is 0 Å². The van der Waals surface area contributed by atoms with Gasteiger partial charge in [0.15, 0.2) is 0 Å². The molecule has 0 fully saturated rings. The number of nitrogens with one attached hydrogen (secondary N) is 1. The molecule has 0 bridgehead atoms. The van der Waals surface area contributed by atoms with Crippen LogP contribution in [0.1, 0.15) is 20.8 Å². The minimum atomic E-state index is -0.558. The van der Waals surface area contributed by atoms with E-state index in [1.165, 1.54) is 29.5 Å². The SMILES string of the molecule is Cc1ccsc1C=NNC(=O)c1ccccc1F. The van der Waals surface area contributed by atoms with E-state index in [4.69, 9.17) is 0 Å². The molecule has 1 amide bonds. The van der Waals surface area contributed by atoms with E-state index >= 15 is 0 Å². The summed E-state index contributed by atoms with van der Waals surface area (Å²) in [7, 11) is 0. The third-order valence-corrected chi connectivity index (χ3v) is 3.32. The lowest BCUT2D eigenvalue weighted by atomic mass is 10.2. The molecule has 0 atom stereocenters. The van der Waals surface area contributed by atoms with Crippen molar-refractivity contribution in [3.05, 3.63) is 57.5 Å². The zero-order chi connectivity index (χ0) is 13.0. The number of halogens is 1. The Morgan fingerprint density at radius 2 is 2.17 bits per heavy atom. The van der Waals surface area contributed by atoms with Gasteiger partial charge in [-0.05, 0) is 36.1 Å². The molecule has 0 aliphatic carbocycles. The molecule has 2 rings (SSSR count). The Bertz CT molecular complexity index is 592. The molecule has 92 valence electrons. The van der Waals surface area contributed by atoms with Crippen molar-refractivity contribution in [2.45, 2.75) is 6.92 Å². The molecule has 2 aromatic rings. The second kappa shape index (κ2) is 5.55. The van der Waals surface area contributed by atoms with Gasteiger partial charge in [0, 0.05) is 4.88 Å².